The molecule has 1 rings (SSSR count). The topological polar surface area (TPSA) is 49.3 Å². The SMILES string of the molecule is CC(=O)c1ccc(N[C@@H](O)C(Cl)(Cl)Cl)cc1. The van der Waals surface area contributed by atoms with Gasteiger partial charge in [-0.3, -0.25) is 4.79 Å². The second-order valence-corrected chi connectivity index (χ2v) is 5.59. The first-order chi connectivity index (χ1) is 7.30. The van der Waals surface area contributed by atoms with Crippen molar-refractivity contribution < 1.29 is 9.90 Å². The number of benzene rings is 1. The average Bonchev–Trinajstić information content (AvgIpc) is 2.17. The highest BCUT2D eigenvalue weighted by atomic mass is 35.6. The lowest BCUT2D eigenvalue weighted by Crippen LogP contribution is -2.33. The standard InChI is InChI=1S/C10H10Cl3NO2/c1-6(15)7-2-4-8(5-3-7)14-9(16)10(11,12)13/h2-5,9,14,16H,1H3/t9-/m0/s1. The smallest absolute Gasteiger partial charge is 0.234 e. The number of nitrogens with one attached hydrogen (secondary N) is 1. The molecule has 0 saturated carbocycles. The van der Waals surface area contributed by atoms with E-state index in [1.807, 2.05) is 0 Å². The summed E-state index contributed by atoms with van der Waals surface area (Å²) in [5.41, 5.74) is 1.14. The fraction of sp³-hybridized carbons (Fsp3) is 0.300. The molecule has 16 heavy (non-hydrogen) atoms. The summed E-state index contributed by atoms with van der Waals surface area (Å²) in [5, 5.41) is 12.0. The van der Waals surface area contributed by atoms with Gasteiger partial charge in [-0.1, -0.05) is 34.8 Å². The molecule has 0 amide bonds. The predicted molar refractivity (Wildman–Crippen MR) is 66.4 cm³/mol. The predicted octanol–water partition coefficient (Wildman–Crippen LogP) is 2.99. The highest BCUT2D eigenvalue weighted by Gasteiger charge is 2.30. The van der Waals surface area contributed by atoms with Crippen LogP contribution in [0.4, 0.5) is 5.69 Å². The summed E-state index contributed by atoms with van der Waals surface area (Å²) >= 11 is 16.4. The molecule has 0 unspecified atom stereocenters. The van der Waals surface area contributed by atoms with Crippen LogP contribution in [0, 0.1) is 0 Å². The molecule has 1 aromatic rings. The van der Waals surface area contributed by atoms with E-state index in [1.165, 1.54) is 6.92 Å². The summed E-state index contributed by atoms with van der Waals surface area (Å²) in [6.07, 6.45) is -1.32. The maximum Gasteiger partial charge on any atom is 0.234 e. The Hall–Kier alpha value is -0.480. The molecule has 0 radical (unpaired) electrons. The Labute approximate surface area is 108 Å². The number of Topliss-reactive ketones (excluding diaryl/α,β-unsaturated/α-hetero) is 1. The van der Waals surface area contributed by atoms with Gasteiger partial charge >= 0.3 is 0 Å². The minimum atomic E-state index is -1.81. The van der Waals surface area contributed by atoms with Crippen molar-refractivity contribution in [3.63, 3.8) is 0 Å². The normalized spacial score (nSPS) is 13.3. The monoisotopic (exact) mass is 281 g/mol. The molecule has 3 nitrogen and oxygen atoms in total. The summed E-state index contributed by atoms with van der Waals surface area (Å²) in [6.45, 7) is 1.47. The zero-order valence-electron chi connectivity index (χ0n) is 8.38. The number of aliphatic hydroxyl groups excluding tert-OH is 1. The van der Waals surface area contributed by atoms with E-state index in [0.29, 0.717) is 11.3 Å². The molecule has 6 heteroatoms. The van der Waals surface area contributed by atoms with Crippen molar-refractivity contribution in [2.75, 3.05) is 5.32 Å². The molecule has 0 aromatic heterocycles. The zero-order chi connectivity index (χ0) is 12.3. The first-order valence-corrected chi connectivity index (χ1v) is 5.56. The maximum absolute atomic E-state index is 11.0. The van der Waals surface area contributed by atoms with E-state index in [-0.39, 0.29) is 5.78 Å². The van der Waals surface area contributed by atoms with E-state index in [0.717, 1.165) is 0 Å². The third-order valence-electron chi connectivity index (χ3n) is 1.90. The molecule has 0 fully saturated rings. The lowest BCUT2D eigenvalue weighted by molar-refractivity contribution is 0.101. The lowest BCUT2D eigenvalue weighted by Gasteiger charge is -2.21. The molecule has 0 aliphatic heterocycles. The van der Waals surface area contributed by atoms with Gasteiger partial charge in [0.15, 0.2) is 12.0 Å². The molecule has 0 heterocycles. The average molecular weight is 283 g/mol. The first kappa shape index (κ1) is 13.6. The van der Waals surface area contributed by atoms with E-state index >= 15 is 0 Å². The Morgan fingerprint density at radius 2 is 1.81 bits per heavy atom. The summed E-state index contributed by atoms with van der Waals surface area (Å²) < 4.78 is -1.81. The van der Waals surface area contributed by atoms with Gasteiger partial charge in [-0.15, -0.1) is 0 Å². The van der Waals surface area contributed by atoms with Gasteiger partial charge in [0.1, 0.15) is 0 Å². The van der Waals surface area contributed by atoms with Crippen LogP contribution in [0.3, 0.4) is 0 Å². The van der Waals surface area contributed by atoms with Crippen LogP contribution in [0.25, 0.3) is 0 Å². The minimum Gasteiger partial charge on any atom is -0.370 e. The number of aliphatic hydroxyl groups is 1. The van der Waals surface area contributed by atoms with E-state index < -0.39 is 10.0 Å². The van der Waals surface area contributed by atoms with Crippen molar-refractivity contribution in [2.24, 2.45) is 0 Å². The van der Waals surface area contributed by atoms with Gasteiger partial charge in [0.25, 0.3) is 0 Å². The van der Waals surface area contributed by atoms with Crippen LogP contribution in [0.15, 0.2) is 24.3 Å². The molecule has 0 aliphatic carbocycles. The number of hydrogen-bond acceptors (Lipinski definition) is 3. The Kier molecular flexibility index (Phi) is 4.44. The van der Waals surface area contributed by atoms with Crippen LogP contribution >= 0.6 is 34.8 Å². The van der Waals surface area contributed by atoms with E-state index in [2.05, 4.69) is 5.32 Å². The molecule has 0 spiro atoms. The fourth-order valence-electron chi connectivity index (χ4n) is 1.04. The quantitative estimate of drug-likeness (QED) is 0.509. The molecule has 88 valence electrons. The first-order valence-electron chi connectivity index (χ1n) is 4.43. The lowest BCUT2D eigenvalue weighted by atomic mass is 10.1. The second-order valence-electron chi connectivity index (χ2n) is 3.22. The Morgan fingerprint density at radius 1 is 1.31 bits per heavy atom. The number of carbonyl (C=O) groups excluding carboxylic acids is 1. The van der Waals surface area contributed by atoms with Crippen LogP contribution in [0.1, 0.15) is 17.3 Å². The second kappa shape index (κ2) is 5.23. The molecule has 1 aromatic carbocycles. The van der Waals surface area contributed by atoms with Crippen LogP contribution in [-0.2, 0) is 0 Å². The van der Waals surface area contributed by atoms with Gasteiger partial charge < -0.3 is 10.4 Å². The van der Waals surface area contributed by atoms with Crippen molar-refractivity contribution >= 4 is 46.3 Å². The Balaban J connectivity index is 2.73. The molecule has 0 aliphatic rings. The van der Waals surface area contributed by atoms with E-state index in [4.69, 9.17) is 34.8 Å². The summed E-state index contributed by atoms with van der Waals surface area (Å²) in [4.78, 5) is 11.0. The van der Waals surface area contributed by atoms with Gasteiger partial charge in [-0.25, -0.2) is 0 Å². The number of halogens is 3. The third kappa shape index (κ3) is 3.83. The fourth-order valence-corrected chi connectivity index (χ4v) is 1.20. The van der Waals surface area contributed by atoms with Crippen molar-refractivity contribution in [1.82, 2.24) is 0 Å². The van der Waals surface area contributed by atoms with E-state index in [9.17, 15) is 9.90 Å². The van der Waals surface area contributed by atoms with Crippen molar-refractivity contribution in [3.05, 3.63) is 29.8 Å². The van der Waals surface area contributed by atoms with Gasteiger partial charge in [0.05, 0.1) is 0 Å². The molecule has 1 atom stereocenters. The molecule has 2 N–H and O–H groups in total. The summed E-state index contributed by atoms with van der Waals surface area (Å²) in [5.74, 6) is -0.0338. The van der Waals surface area contributed by atoms with Gasteiger partial charge in [0.2, 0.25) is 3.79 Å². The van der Waals surface area contributed by atoms with Crippen LogP contribution in [0.2, 0.25) is 0 Å². The van der Waals surface area contributed by atoms with Crippen molar-refractivity contribution in [2.45, 2.75) is 16.9 Å². The van der Waals surface area contributed by atoms with E-state index in [1.54, 1.807) is 24.3 Å². The van der Waals surface area contributed by atoms with Gasteiger partial charge in [-0.2, -0.15) is 0 Å². The number of carbonyl (C=O) groups is 1. The Bertz CT molecular complexity index is 373. The van der Waals surface area contributed by atoms with Crippen LogP contribution in [-0.4, -0.2) is 20.9 Å². The number of ketones is 1. The van der Waals surface area contributed by atoms with Crippen LogP contribution in [0.5, 0.6) is 0 Å². The number of hydrogen-bond donors (Lipinski definition) is 2. The van der Waals surface area contributed by atoms with Gasteiger partial charge in [0, 0.05) is 11.3 Å². The van der Waals surface area contributed by atoms with Crippen molar-refractivity contribution in [1.29, 1.82) is 0 Å². The molecule has 0 saturated heterocycles. The number of rotatable bonds is 3. The number of anilines is 1. The zero-order valence-corrected chi connectivity index (χ0v) is 10.6. The maximum atomic E-state index is 11.0. The summed E-state index contributed by atoms with van der Waals surface area (Å²) in [7, 11) is 0. The summed E-state index contributed by atoms with van der Waals surface area (Å²) in [6, 6.07) is 6.48. The molecular weight excluding hydrogens is 272 g/mol. The Morgan fingerprint density at radius 3 is 2.19 bits per heavy atom. The highest BCUT2D eigenvalue weighted by molar-refractivity contribution is 6.68. The minimum absolute atomic E-state index is 0.0338. The highest BCUT2D eigenvalue weighted by Crippen LogP contribution is 2.30. The molecular formula is C10H10Cl3NO2. The largest absolute Gasteiger partial charge is 0.370 e. The van der Waals surface area contributed by atoms with Gasteiger partial charge in [-0.05, 0) is 31.2 Å². The number of alkyl halides is 3. The van der Waals surface area contributed by atoms with Crippen molar-refractivity contribution in [3.8, 4) is 0 Å². The van der Waals surface area contributed by atoms with Crippen LogP contribution < -0.4 is 5.32 Å². The molecule has 0 bridgehead atoms. The third-order valence-corrected chi connectivity index (χ3v) is 2.52.